The predicted molar refractivity (Wildman–Crippen MR) is 69.3 cm³/mol. The van der Waals surface area contributed by atoms with Gasteiger partial charge in [-0.25, -0.2) is 0 Å². The molecule has 0 aliphatic carbocycles. The van der Waals surface area contributed by atoms with Gasteiger partial charge in [-0.1, -0.05) is 0 Å². The van der Waals surface area contributed by atoms with Gasteiger partial charge < -0.3 is 14.4 Å². The lowest BCUT2D eigenvalue weighted by molar-refractivity contribution is -0.150. The largest absolute Gasteiger partial charge is 0.466 e. The quantitative estimate of drug-likeness (QED) is 0.717. The average Bonchev–Trinajstić information content (AvgIpc) is 2.40. The van der Waals surface area contributed by atoms with Gasteiger partial charge in [0.15, 0.2) is 0 Å². The lowest BCUT2D eigenvalue weighted by atomic mass is 9.94. The van der Waals surface area contributed by atoms with Crippen LogP contribution in [0.2, 0.25) is 0 Å². The Morgan fingerprint density at radius 2 is 2.11 bits per heavy atom. The van der Waals surface area contributed by atoms with Crippen molar-refractivity contribution in [2.75, 3.05) is 39.5 Å². The average molecular weight is 255 g/mol. The molecule has 2 aliphatic rings. The first kappa shape index (κ1) is 13.8. The van der Waals surface area contributed by atoms with Crippen molar-refractivity contribution in [2.45, 2.75) is 32.6 Å². The van der Waals surface area contributed by atoms with Gasteiger partial charge in [0.1, 0.15) is 0 Å². The van der Waals surface area contributed by atoms with E-state index >= 15 is 0 Å². The normalized spacial score (nSPS) is 27.1. The van der Waals surface area contributed by atoms with Crippen molar-refractivity contribution in [2.24, 2.45) is 11.8 Å². The van der Waals surface area contributed by atoms with Crippen LogP contribution in [-0.4, -0.2) is 50.3 Å². The van der Waals surface area contributed by atoms with Crippen molar-refractivity contribution >= 4 is 5.97 Å². The summed E-state index contributed by atoms with van der Waals surface area (Å²) in [5, 5.41) is 0. The summed E-state index contributed by atoms with van der Waals surface area (Å²) in [6.45, 7) is 7.32. The molecule has 0 N–H and O–H groups in total. The minimum atomic E-state index is -0.00539. The van der Waals surface area contributed by atoms with E-state index in [1.54, 1.807) is 0 Å². The van der Waals surface area contributed by atoms with E-state index in [1.165, 1.54) is 12.8 Å². The van der Waals surface area contributed by atoms with E-state index in [0.717, 1.165) is 51.6 Å². The maximum atomic E-state index is 11.8. The molecule has 4 nitrogen and oxygen atoms in total. The van der Waals surface area contributed by atoms with Crippen LogP contribution in [0.5, 0.6) is 0 Å². The minimum Gasteiger partial charge on any atom is -0.466 e. The fourth-order valence-electron chi connectivity index (χ4n) is 2.97. The number of nitrogens with zero attached hydrogens (tertiary/aromatic N) is 1. The molecule has 1 atom stereocenters. The first-order chi connectivity index (χ1) is 8.79. The number of hydrogen-bond donors (Lipinski definition) is 0. The van der Waals surface area contributed by atoms with E-state index in [0.29, 0.717) is 6.61 Å². The van der Waals surface area contributed by atoms with Crippen LogP contribution in [0.3, 0.4) is 0 Å². The van der Waals surface area contributed by atoms with E-state index in [-0.39, 0.29) is 11.9 Å². The van der Waals surface area contributed by atoms with Gasteiger partial charge in [-0.15, -0.1) is 0 Å². The number of ether oxygens (including phenoxy) is 2. The zero-order valence-corrected chi connectivity index (χ0v) is 11.4. The fourth-order valence-corrected chi connectivity index (χ4v) is 2.97. The molecule has 1 unspecified atom stereocenters. The lowest BCUT2D eigenvalue weighted by Crippen LogP contribution is -2.42. The number of esters is 1. The number of carbonyl (C=O) groups is 1. The Kier molecular flexibility index (Phi) is 5.45. The van der Waals surface area contributed by atoms with Crippen molar-refractivity contribution in [3.8, 4) is 0 Å². The van der Waals surface area contributed by atoms with Gasteiger partial charge in [0.05, 0.1) is 12.5 Å². The third kappa shape index (κ3) is 3.95. The van der Waals surface area contributed by atoms with E-state index in [4.69, 9.17) is 9.47 Å². The molecule has 2 saturated heterocycles. The molecule has 2 rings (SSSR count). The highest BCUT2D eigenvalue weighted by Crippen LogP contribution is 2.22. The highest BCUT2D eigenvalue weighted by atomic mass is 16.5. The van der Waals surface area contributed by atoms with Gasteiger partial charge in [0.25, 0.3) is 0 Å². The molecule has 18 heavy (non-hydrogen) atoms. The summed E-state index contributed by atoms with van der Waals surface area (Å²) in [5.41, 5.74) is 0. The van der Waals surface area contributed by atoms with Gasteiger partial charge in [-0.2, -0.15) is 0 Å². The molecule has 2 heterocycles. The molecule has 0 spiro atoms. The molecule has 104 valence electrons. The van der Waals surface area contributed by atoms with E-state index in [9.17, 15) is 4.79 Å². The Bertz CT molecular complexity index is 264. The second-order valence-electron chi connectivity index (χ2n) is 5.41. The first-order valence-electron chi connectivity index (χ1n) is 7.26. The molecule has 0 aromatic rings. The standard InChI is InChI=1S/C14H25NO3/c1-2-18-14(16)13-4-3-7-15(11-13)10-12-5-8-17-9-6-12/h12-13H,2-11H2,1H3. The summed E-state index contributed by atoms with van der Waals surface area (Å²) < 4.78 is 10.5. The zero-order valence-electron chi connectivity index (χ0n) is 11.4. The van der Waals surface area contributed by atoms with E-state index in [1.807, 2.05) is 6.92 Å². The van der Waals surface area contributed by atoms with Gasteiger partial charge in [0, 0.05) is 26.3 Å². The van der Waals surface area contributed by atoms with Crippen LogP contribution < -0.4 is 0 Å². The van der Waals surface area contributed by atoms with Gasteiger partial charge in [0.2, 0.25) is 0 Å². The number of piperidine rings is 1. The topological polar surface area (TPSA) is 38.8 Å². The fraction of sp³-hybridized carbons (Fsp3) is 0.929. The molecule has 0 saturated carbocycles. The van der Waals surface area contributed by atoms with Crippen LogP contribution in [0.15, 0.2) is 0 Å². The molecule has 2 aliphatic heterocycles. The molecular formula is C14H25NO3. The Labute approximate surface area is 110 Å². The van der Waals surface area contributed by atoms with Crippen molar-refractivity contribution in [1.82, 2.24) is 4.90 Å². The molecule has 0 radical (unpaired) electrons. The molecule has 0 amide bonds. The smallest absolute Gasteiger partial charge is 0.310 e. The zero-order chi connectivity index (χ0) is 12.8. The molecular weight excluding hydrogens is 230 g/mol. The SMILES string of the molecule is CCOC(=O)C1CCCN(CC2CCOCC2)C1. The van der Waals surface area contributed by atoms with Crippen LogP contribution in [0.4, 0.5) is 0 Å². The number of likely N-dealkylation sites (tertiary alicyclic amines) is 1. The molecule has 2 fully saturated rings. The molecule has 0 aromatic carbocycles. The van der Waals surface area contributed by atoms with Crippen molar-refractivity contribution < 1.29 is 14.3 Å². The maximum absolute atomic E-state index is 11.8. The van der Waals surface area contributed by atoms with Crippen molar-refractivity contribution in [3.05, 3.63) is 0 Å². The minimum absolute atomic E-state index is 0.00539. The Morgan fingerprint density at radius 1 is 1.33 bits per heavy atom. The predicted octanol–water partition coefficient (Wildman–Crippen LogP) is 1.69. The maximum Gasteiger partial charge on any atom is 0.310 e. The monoisotopic (exact) mass is 255 g/mol. The van der Waals surface area contributed by atoms with Crippen LogP contribution in [0, 0.1) is 11.8 Å². The van der Waals surface area contributed by atoms with E-state index in [2.05, 4.69) is 4.90 Å². The Morgan fingerprint density at radius 3 is 2.83 bits per heavy atom. The van der Waals surface area contributed by atoms with Crippen molar-refractivity contribution in [1.29, 1.82) is 0 Å². The van der Waals surface area contributed by atoms with Crippen LogP contribution in [0.1, 0.15) is 32.6 Å². The highest BCUT2D eigenvalue weighted by molar-refractivity contribution is 5.72. The number of rotatable bonds is 4. The van der Waals surface area contributed by atoms with Gasteiger partial charge in [-0.3, -0.25) is 4.79 Å². The van der Waals surface area contributed by atoms with Gasteiger partial charge in [-0.05, 0) is 45.1 Å². The third-order valence-electron chi connectivity index (χ3n) is 3.98. The second-order valence-corrected chi connectivity index (χ2v) is 5.41. The summed E-state index contributed by atoms with van der Waals surface area (Å²) in [6, 6.07) is 0. The third-order valence-corrected chi connectivity index (χ3v) is 3.98. The molecule has 0 bridgehead atoms. The summed E-state index contributed by atoms with van der Waals surface area (Å²) >= 11 is 0. The highest BCUT2D eigenvalue weighted by Gasteiger charge is 2.28. The Balaban J connectivity index is 1.77. The summed E-state index contributed by atoms with van der Waals surface area (Å²) in [7, 11) is 0. The summed E-state index contributed by atoms with van der Waals surface area (Å²) in [5.74, 6) is 0.840. The first-order valence-corrected chi connectivity index (χ1v) is 7.26. The van der Waals surface area contributed by atoms with Crippen LogP contribution in [0.25, 0.3) is 0 Å². The number of carbonyl (C=O) groups excluding carboxylic acids is 1. The summed E-state index contributed by atoms with van der Waals surface area (Å²) in [4.78, 5) is 14.2. The van der Waals surface area contributed by atoms with E-state index < -0.39 is 0 Å². The lowest BCUT2D eigenvalue weighted by Gasteiger charge is -2.35. The van der Waals surface area contributed by atoms with Crippen molar-refractivity contribution in [3.63, 3.8) is 0 Å². The van der Waals surface area contributed by atoms with Gasteiger partial charge >= 0.3 is 5.97 Å². The molecule has 0 aromatic heterocycles. The summed E-state index contributed by atoms with van der Waals surface area (Å²) in [6.07, 6.45) is 4.44. The molecule has 4 heteroatoms. The number of hydrogen-bond acceptors (Lipinski definition) is 4. The second kappa shape index (κ2) is 7.10. The van der Waals surface area contributed by atoms with Crippen LogP contribution >= 0.6 is 0 Å². The van der Waals surface area contributed by atoms with Crippen LogP contribution in [-0.2, 0) is 14.3 Å². The Hall–Kier alpha value is -0.610.